The predicted molar refractivity (Wildman–Crippen MR) is 74.1 cm³/mol. The van der Waals surface area contributed by atoms with Crippen LogP contribution in [0.15, 0.2) is 29.2 Å². The molecule has 1 fully saturated rings. The van der Waals surface area contributed by atoms with E-state index in [-0.39, 0.29) is 16.5 Å². The van der Waals surface area contributed by atoms with Gasteiger partial charge in [0.05, 0.1) is 10.5 Å². The number of hydrogen-bond donors (Lipinski definition) is 1. The first-order chi connectivity index (χ1) is 8.93. The highest BCUT2D eigenvalue weighted by atomic mass is 32.2. The highest BCUT2D eigenvalue weighted by Gasteiger charge is 2.30. The Morgan fingerprint density at radius 2 is 2.00 bits per heavy atom. The van der Waals surface area contributed by atoms with Gasteiger partial charge in [0.2, 0.25) is 10.0 Å². The average molecular weight is 301 g/mol. The fourth-order valence-corrected chi connectivity index (χ4v) is 4.69. The number of carboxylic acid groups (broad SMARTS) is 1. The normalized spacial score (nSPS) is 19.8. The van der Waals surface area contributed by atoms with Crippen molar-refractivity contribution in [3.05, 3.63) is 29.8 Å². The van der Waals surface area contributed by atoms with Crippen LogP contribution in [0, 0.1) is 0 Å². The average Bonchev–Trinajstić information content (AvgIpc) is 2.91. The van der Waals surface area contributed by atoms with Crippen LogP contribution >= 0.6 is 11.8 Å². The van der Waals surface area contributed by atoms with E-state index in [2.05, 4.69) is 0 Å². The zero-order valence-electron chi connectivity index (χ0n) is 10.4. The number of nitrogens with zero attached hydrogens (tertiary/aromatic N) is 1. The lowest BCUT2D eigenvalue weighted by atomic mass is 10.2. The second-order valence-corrected chi connectivity index (χ2v) is 7.52. The van der Waals surface area contributed by atoms with Crippen LogP contribution in [0.2, 0.25) is 0 Å². The molecule has 1 aliphatic rings. The van der Waals surface area contributed by atoms with Gasteiger partial charge in [0.1, 0.15) is 0 Å². The van der Waals surface area contributed by atoms with E-state index < -0.39 is 16.0 Å². The van der Waals surface area contributed by atoms with Crippen molar-refractivity contribution in [3.63, 3.8) is 0 Å². The minimum absolute atomic E-state index is 0.0224. The molecule has 0 aromatic heterocycles. The molecule has 0 spiro atoms. The Hall–Kier alpha value is -1.05. The summed E-state index contributed by atoms with van der Waals surface area (Å²) in [6, 6.07) is 5.34. The van der Waals surface area contributed by atoms with E-state index in [4.69, 9.17) is 5.11 Å². The first-order valence-electron chi connectivity index (χ1n) is 5.82. The van der Waals surface area contributed by atoms with Gasteiger partial charge in [-0.25, -0.2) is 13.2 Å². The Morgan fingerprint density at radius 1 is 1.37 bits per heavy atom. The van der Waals surface area contributed by atoms with Crippen LogP contribution in [0.1, 0.15) is 16.8 Å². The summed E-state index contributed by atoms with van der Waals surface area (Å²) in [4.78, 5) is 10.9. The molecular weight excluding hydrogens is 286 g/mol. The molecule has 0 radical (unpaired) electrons. The van der Waals surface area contributed by atoms with Crippen molar-refractivity contribution in [3.8, 4) is 0 Å². The van der Waals surface area contributed by atoms with E-state index in [1.807, 2.05) is 0 Å². The Kier molecular flexibility index (Phi) is 4.17. The van der Waals surface area contributed by atoms with E-state index in [9.17, 15) is 13.2 Å². The van der Waals surface area contributed by atoms with Crippen molar-refractivity contribution in [1.29, 1.82) is 0 Å². The first-order valence-corrected chi connectivity index (χ1v) is 8.41. The molecule has 19 heavy (non-hydrogen) atoms. The standard InChI is InChI=1S/C12H15NO4S2/c1-13(10-6-7-18-8-10)19(16,17)11-4-2-9(3-5-11)12(14)15/h2-5,10H,6-8H2,1H3,(H,14,15). The van der Waals surface area contributed by atoms with Gasteiger partial charge in [-0.2, -0.15) is 16.1 Å². The number of thioether (sulfide) groups is 1. The molecule has 1 atom stereocenters. The lowest BCUT2D eigenvalue weighted by Gasteiger charge is -2.23. The topological polar surface area (TPSA) is 74.7 Å². The SMILES string of the molecule is CN(C1CCSC1)S(=O)(=O)c1ccc(C(=O)O)cc1. The minimum atomic E-state index is -3.54. The van der Waals surface area contributed by atoms with Crippen molar-refractivity contribution in [2.75, 3.05) is 18.6 Å². The third-order valence-electron chi connectivity index (χ3n) is 3.20. The van der Waals surface area contributed by atoms with E-state index in [0.29, 0.717) is 0 Å². The van der Waals surface area contributed by atoms with Crippen molar-refractivity contribution in [2.24, 2.45) is 0 Å². The van der Waals surface area contributed by atoms with Gasteiger partial charge in [-0.3, -0.25) is 0 Å². The summed E-state index contributed by atoms with van der Waals surface area (Å²) in [5, 5.41) is 8.80. The lowest BCUT2D eigenvalue weighted by Crippen LogP contribution is -2.36. The Bertz CT molecular complexity index is 562. The Morgan fingerprint density at radius 3 is 2.47 bits per heavy atom. The van der Waals surface area contributed by atoms with Crippen LogP contribution in [0.25, 0.3) is 0 Å². The maximum absolute atomic E-state index is 12.4. The molecule has 5 nitrogen and oxygen atoms in total. The number of rotatable bonds is 4. The maximum Gasteiger partial charge on any atom is 0.335 e. The quantitative estimate of drug-likeness (QED) is 0.912. The summed E-state index contributed by atoms with van der Waals surface area (Å²) in [6.45, 7) is 0. The second kappa shape index (κ2) is 5.52. The van der Waals surface area contributed by atoms with Crippen LogP contribution in [-0.4, -0.2) is 48.4 Å². The van der Waals surface area contributed by atoms with Crippen LogP contribution in [0.5, 0.6) is 0 Å². The summed E-state index contributed by atoms with van der Waals surface area (Å²) in [5.74, 6) is 0.718. The molecule has 1 heterocycles. The highest BCUT2D eigenvalue weighted by molar-refractivity contribution is 7.99. The van der Waals surface area contributed by atoms with Crippen molar-refractivity contribution in [2.45, 2.75) is 17.4 Å². The molecule has 1 N–H and O–H groups in total. The number of benzene rings is 1. The second-order valence-electron chi connectivity index (χ2n) is 4.37. The van der Waals surface area contributed by atoms with Gasteiger partial charge in [-0.1, -0.05) is 0 Å². The van der Waals surface area contributed by atoms with Gasteiger partial charge in [0, 0.05) is 18.8 Å². The number of sulfonamides is 1. The number of carbonyl (C=O) groups is 1. The summed E-state index contributed by atoms with van der Waals surface area (Å²) in [5.41, 5.74) is 0.0815. The largest absolute Gasteiger partial charge is 0.478 e. The predicted octanol–water partition coefficient (Wildman–Crippen LogP) is 1.51. The van der Waals surface area contributed by atoms with E-state index in [0.717, 1.165) is 17.9 Å². The molecule has 1 aromatic rings. The Balaban J connectivity index is 2.25. The van der Waals surface area contributed by atoms with E-state index in [1.54, 1.807) is 18.8 Å². The van der Waals surface area contributed by atoms with Gasteiger partial charge in [0.25, 0.3) is 0 Å². The maximum atomic E-state index is 12.4. The van der Waals surface area contributed by atoms with E-state index >= 15 is 0 Å². The number of aromatic carboxylic acids is 1. The van der Waals surface area contributed by atoms with E-state index in [1.165, 1.54) is 28.6 Å². The molecule has 1 saturated heterocycles. The molecule has 1 aliphatic heterocycles. The lowest BCUT2D eigenvalue weighted by molar-refractivity contribution is 0.0696. The van der Waals surface area contributed by atoms with Gasteiger partial charge >= 0.3 is 5.97 Å². The van der Waals surface area contributed by atoms with Gasteiger partial charge < -0.3 is 5.11 Å². The highest BCUT2D eigenvalue weighted by Crippen LogP contribution is 2.26. The monoisotopic (exact) mass is 301 g/mol. The zero-order chi connectivity index (χ0) is 14.0. The van der Waals surface area contributed by atoms with Crippen molar-refractivity contribution >= 4 is 27.8 Å². The smallest absolute Gasteiger partial charge is 0.335 e. The van der Waals surface area contributed by atoms with Gasteiger partial charge in [-0.05, 0) is 36.4 Å². The first kappa shape index (κ1) is 14.4. The van der Waals surface area contributed by atoms with Crippen LogP contribution in [-0.2, 0) is 10.0 Å². The molecule has 104 valence electrons. The summed E-state index contributed by atoms with van der Waals surface area (Å²) >= 11 is 1.74. The molecule has 0 amide bonds. The van der Waals surface area contributed by atoms with Gasteiger partial charge in [-0.15, -0.1) is 0 Å². The summed E-state index contributed by atoms with van der Waals surface area (Å²) in [6.07, 6.45) is 0.855. The molecule has 1 aromatic carbocycles. The third-order valence-corrected chi connectivity index (χ3v) is 6.27. The Labute approximate surface area is 116 Å². The third kappa shape index (κ3) is 2.93. The number of hydrogen-bond acceptors (Lipinski definition) is 4. The molecule has 0 saturated carbocycles. The molecule has 7 heteroatoms. The van der Waals surface area contributed by atoms with Crippen LogP contribution in [0.4, 0.5) is 0 Å². The molecular formula is C12H15NO4S2. The number of carboxylic acids is 1. The summed E-state index contributed by atoms with van der Waals surface area (Å²) < 4.78 is 26.1. The molecule has 0 aliphatic carbocycles. The van der Waals surface area contributed by atoms with Crippen molar-refractivity contribution in [1.82, 2.24) is 4.31 Å². The van der Waals surface area contributed by atoms with Crippen LogP contribution < -0.4 is 0 Å². The molecule has 0 bridgehead atoms. The fourth-order valence-electron chi connectivity index (χ4n) is 1.94. The zero-order valence-corrected chi connectivity index (χ0v) is 12.1. The fraction of sp³-hybridized carbons (Fsp3) is 0.417. The molecule has 2 rings (SSSR count). The summed E-state index contributed by atoms with van der Waals surface area (Å²) in [7, 11) is -1.96. The van der Waals surface area contributed by atoms with Crippen molar-refractivity contribution < 1.29 is 18.3 Å². The molecule has 1 unspecified atom stereocenters. The van der Waals surface area contributed by atoms with Gasteiger partial charge in [0.15, 0.2) is 0 Å². The minimum Gasteiger partial charge on any atom is -0.478 e. The van der Waals surface area contributed by atoms with Crippen LogP contribution in [0.3, 0.4) is 0 Å².